The zero-order valence-corrected chi connectivity index (χ0v) is 9.20. The molecule has 1 saturated heterocycles. The van der Waals surface area contributed by atoms with Gasteiger partial charge in [0.1, 0.15) is 0 Å². The molecule has 3 heteroatoms. The molecule has 1 aliphatic rings. The van der Waals surface area contributed by atoms with Crippen LogP contribution < -0.4 is 0 Å². The molecular weight excluding hydrogens is 192 g/mol. The SMILES string of the molecule is C=C[C@@H](CCCCC)[C@@H]1CC(=O)OC1=O. The lowest BCUT2D eigenvalue weighted by Crippen LogP contribution is -2.17. The second-order valence-electron chi connectivity index (χ2n) is 4.00. The molecule has 84 valence electrons. The molecule has 2 atom stereocenters. The molecule has 0 N–H and O–H groups in total. The molecule has 1 fully saturated rings. The van der Waals surface area contributed by atoms with Gasteiger partial charge >= 0.3 is 11.9 Å². The van der Waals surface area contributed by atoms with Crippen LogP contribution in [0.4, 0.5) is 0 Å². The number of rotatable bonds is 6. The molecule has 1 aliphatic heterocycles. The van der Waals surface area contributed by atoms with Crippen molar-refractivity contribution in [3.05, 3.63) is 12.7 Å². The number of ether oxygens (including phenoxy) is 1. The first-order valence-corrected chi connectivity index (χ1v) is 5.56. The Bertz CT molecular complexity index is 258. The second-order valence-corrected chi connectivity index (χ2v) is 4.00. The molecule has 0 unspecified atom stereocenters. The summed E-state index contributed by atoms with van der Waals surface area (Å²) in [5.41, 5.74) is 0. The van der Waals surface area contributed by atoms with Crippen molar-refractivity contribution >= 4 is 11.9 Å². The van der Waals surface area contributed by atoms with Gasteiger partial charge in [-0.05, 0) is 12.3 Å². The summed E-state index contributed by atoms with van der Waals surface area (Å²) >= 11 is 0. The zero-order valence-electron chi connectivity index (χ0n) is 9.20. The van der Waals surface area contributed by atoms with E-state index in [1.54, 1.807) is 6.08 Å². The van der Waals surface area contributed by atoms with Crippen molar-refractivity contribution in [3.8, 4) is 0 Å². The molecule has 0 aromatic heterocycles. The number of esters is 2. The third-order valence-electron chi connectivity index (χ3n) is 2.86. The summed E-state index contributed by atoms with van der Waals surface area (Å²) in [6.07, 6.45) is 6.30. The molecule has 15 heavy (non-hydrogen) atoms. The average molecular weight is 210 g/mol. The Morgan fingerprint density at radius 2 is 2.27 bits per heavy atom. The summed E-state index contributed by atoms with van der Waals surface area (Å²) in [7, 11) is 0. The van der Waals surface area contributed by atoms with Gasteiger partial charge in [-0.3, -0.25) is 9.59 Å². The van der Waals surface area contributed by atoms with Gasteiger partial charge in [0.05, 0.1) is 12.3 Å². The van der Waals surface area contributed by atoms with E-state index in [0.29, 0.717) is 0 Å². The van der Waals surface area contributed by atoms with Crippen LogP contribution in [0.15, 0.2) is 12.7 Å². The van der Waals surface area contributed by atoms with Crippen molar-refractivity contribution in [1.82, 2.24) is 0 Å². The predicted octanol–water partition coefficient (Wildman–Crippen LogP) is 2.46. The molecule has 1 heterocycles. The van der Waals surface area contributed by atoms with Crippen LogP contribution in [0.25, 0.3) is 0 Å². The van der Waals surface area contributed by atoms with Crippen LogP contribution in [-0.2, 0) is 14.3 Å². The Kier molecular flexibility index (Phi) is 4.53. The van der Waals surface area contributed by atoms with E-state index in [9.17, 15) is 9.59 Å². The molecule has 1 rings (SSSR count). The van der Waals surface area contributed by atoms with Crippen LogP contribution >= 0.6 is 0 Å². The van der Waals surface area contributed by atoms with Gasteiger partial charge in [-0.2, -0.15) is 0 Å². The van der Waals surface area contributed by atoms with E-state index in [4.69, 9.17) is 0 Å². The van der Waals surface area contributed by atoms with Gasteiger partial charge in [-0.1, -0.05) is 32.3 Å². The van der Waals surface area contributed by atoms with E-state index in [2.05, 4.69) is 18.2 Å². The molecule has 0 saturated carbocycles. The van der Waals surface area contributed by atoms with Gasteiger partial charge in [-0.25, -0.2) is 0 Å². The Hall–Kier alpha value is -1.12. The van der Waals surface area contributed by atoms with Crippen molar-refractivity contribution in [2.75, 3.05) is 0 Å². The normalized spacial score (nSPS) is 22.6. The van der Waals surface area contributed by atoms with E-state index >= 15 is 0 Å². The van der Waals surface area contributed by atoms with Crippen LogP contribution in [0, 0.1) is 11.8 Å². The van der Waals surface area contributed by atoms with Crippen molar-refractivity contribution in [2.24, 2.45) is 11.8 Å². The topological polar surface area (TPSA) is 43.4 Å². The van der Waals surface area contributed by atoms with E-state index in [1.165, 1.54) is 0 Å². The fourth-order valence-electron chi connectivity index (χ4n) is 1.93. The molecule has 0 radical (unpaired) electrons. The summed E-state index contributed by atoms with van der Waals surface area (Å²) in [4.78, 5) is 22.3. The minimum absolute atomic E-state index is 0.0931. The first kappa shape index (κ1) is 12.0. The first-order chi connectivity index (χ1) is 7.19. The Morgan fingerprint density at radius 1 is 1.53 bits per heavy atom. The molecule has 0 bridgehead atoms. The summed E-state index contributed by atoms with van der Waals surface area (Å²) in [5, 5.41) is 0. The summed E-state index contributed by atoms with van der Waals surface area (Å²) in [6, 6.07) is 0. The average Bonchev–Trinajstić information content (AvgIpc) is 2.53. The van der Waals surface area contributed by atoms with Crippen LogP contribution in [0.3, 0.4) is 0 Å². The summed E-state index contributed by atoms with van der Waals surface area (Å²) in [5.74, 6) is -0.962. The van der Waals surface area contributed by atoms with Gasteiger partial charge in [0, 0.05) is 0 Å². The molecule has 0 spiro atoms. The van der Waals surface area contributed by atoms with Crippen molar-refractivity contribution in [3.63, 3.8) is 0 Å². The molecule has 0 amide bonds. The van der Waals surface area contributed by atoms with Crippen LogP contribution in [-0.4, -0.2) is 11.9 Å². The van der Waals surface area contributed by atoms with Gasteiger partial charge in [-0.15, -0.1) is 6.58 Å². The molecule has 0 aromatic rings. The highest BCUT2D eigenvalue weighted by Gasteiger charge is 2.37. The number of carbonyl (C=O) groups is 2. The fraction of sp³-hybridized carbons (Fsp3) is 0.667. The van der Waals surface area contributed by atoms with Crippen LogP contribution in [0.5, 0.6) is 0 Å². The Morgan fingerprint density at radius 3 is 2.73 bits per heavy atom. The highest BCUT2D eigenvalue weighted by Crippen LogP contribution is 2.29. The lowest BCUT2D eigenvalue weighted by atomic mass is 9.87. The Labute approximate surface area is 90.5 Å². The maximum Gasteiger partial charge on any atom is 0.317 e. The fourth-order valence-corrected chi connectivity index (χ4v) is 1.93. The van der Waals surface area contributed by atoms with Crippen LogP contribution in [0.1, 0.15) is 39.0 Å². The third kappa shape index (κ3) is 3.18. The number of allylic oxidation sites excluding steroid dienone is 1. The van der Waals surface area contributed by atoms with Crippen LogP contribution in [0.2, 0.25) is 0 Å². The number of carbonyl (C=O) groups excluding carboxylic acids is 2. The summed E-state index contributed by atoms with van der Waals surface area (Å²) < 4.78 is 4.54. The maximum absolute atomic E-state index is 11.3. The second kappa shape index (κ2) is 5.69. The molecule has 0 aromatic carbocycles. The van der Waals surface area contributed by atoms with Gasteiger partial charge in [0.15, 0.2) is 0 Å². The Balaban J connectivity index is 2.47. The van der Waals surface area contributed by atoms with E-state index in [1.807, 2.05) is 0 Å². The largest absolute Gasteiger partial charge is 0.393 e. The maximum atomic E-state index is 11.3. The highest BCUT2D eigenvalue weighted by molar-refractivity contribution is 5.94. The third-order valence-corrected chi connectivity index (χ3v) is 2.86. The van der Waals surface area contributed by atoms with Crippen molar-refractivity contribution in [1.29, 1.82) is 0 Å². The smallest absolute Gasteiger partial charge is 0.317 e. The number of hydrogen-bond donors (Lipinski definition) is 0. The number of cyclic esters (lactones) is 2. The molecule has 0 aliphatic carbocycles. The summed E-state index contributed by atoms with van der Waals surface area (Å²) in [6.45, 7) is 5.86. The van der Waals surface area contributed by atoms with Gasteiger partial charge in [0.25, 0.3) is 0 Å². The van der Waals surface area contributed by atoms with E-state index < -0.39 is 5.97 Å². The number of hydrogen-bond acceptors (Lipinski definition) is 3. The highest BCUT2D eigenvalue weighted by atomic mass is 16.6. The zero-order chi connectivity index (χ0) is 11.3. The lowest BCUT2D eigenvalue weighted by molar-refractivity contribution is -0.153. The number of unbranched alkanes of at least 4 members (excludes halogenated alkanes) is 2. The minimum Gasteiger partial charge on any atom is -0.393 e. The monoisotopic (exact) mass is 210 g/mol. The lowest BCUT2D eigenvalue weighted by Gasteiger charge is -2.15. The van der Waals surface area contributed by atoms with Crippen molar-refractivity contribution in [2.45, 2.75) is 39.0 Å². The van der Waals surface area contributed by atoms with E-state index in [0.717, 1.165) is 25.7 Å². The first-order valence-electron chi connectivity index (χ1n) is 5.56. The van der Waals surface area contributed by atoms with Gasteiger partial charge < -0.3 is 4.74 Å². The molecule has 3 nitrogen and oxygen atoms in total. The molecular formula is C12H18O3. The predicted molar refractivity (Wildman–Crippen MR) is 57.0 cm³/mol. The van der Waals surface area contributed by atoms with Crippen molar-refractivity contribution < 1.29 is 14.3 Å². The standard InChI is InChI=1S/C12H18O3/c1-3-5-6-7-9(4-2)10-8-11(13)15-12(10)14/h4,9-10H,2-3,5-8H2,1H3/t9-,10-/m0/s1. The minimum atomic E-state index is -0.396. The quantitative estimate of drug-likeness (QED) is 0.293. The van der Waals surface area contributed by atoms with E-state index in [-0.39, 0.29) is 24.2 Å². The van der Waals surface area contributed by atoms with Gasteiger partial charge in [0.2, 0.25) is 0 Å².